The SMILES string of the molecule is CC[C@H]1CC[C@H](c2ccc(COc3ccc(F)cc3F)cc2)CC1. The van der Waals surface area contributed by atoms with Crippen molar-refractivity contribution < 1.29 is 13.5 Å². The van der Waals surface area contributed by atoms with Gasteiger partial charge in [0.25, 0.3) is 0 Å². The minimum Gasteiger partial charge on any atom is -0.486 e. The molecule has 0 aliphatic heterocycles. The van der Waals surface area contributed by atoms with E-state index in [1.165, 1.54) is 49.8 Å². The van der Waals surface area contributed by atoms with Crippen molar-refractivity contribution in [3.05, 3.63) is 65.2 Å². The zero-order valence-electron chi connectivity index (χ0n) is 14.1. The van der Waals surface area contributed by atoms with Crippen LogP contribution in [0.1, 0.15) is 56.1 Å². The van der Waals surface area contributed by atoms with Crippen LogP contribution in [-0.2, 0) is 6.61 Å². The molecule has 1 aliphatic carbocycles. The highest BCUT2D eigenvalue weighted by Gasteiger charge is 2.21. The molecule has 128 valence electrons. The summed E-state index contributed by atoms with van der Waals surface area (Å²) in [5.41, 5.74) is 2.38. The van der Waals surface area contributed by atoms with E-state index in [1.807, 2.05) is 12.1 Å². The number of benzene rings is 2. The molecule has 1 fully saturated rings. The molecule has 0 unspecified atom stereocenters. The number of hydrogen-bond donors (Lipinski definition) is 0. The van der Waals surface area contributed by atoms with Crippen LogP contribution in [0.25, 0.3) is 0 Å². The van der Waals surface area contributed by atoms with Crippen LogP contribution in [0, 0.1) is 17.6 Å². The smallest absolute Gasteiger partial charge is 0.167 e. The summed E-state index contributed by atoms with van der Waals surface area (Å²) in [4.78, 5) is 0. The second kappa shape index (κ2) is 7.78. The highest BCUT2D eigenvalue weighted by atomic mass is 19.1. The Kier molecular flexibility index (Phi) is 5.49. The predicted octanol–water partition coefficient (Wildman–Crippen LogP) is 6.23. The molecule has 3 rings (SSSR count). The molecule has 0 radical (unpaired) electrons. The van der Waals surface area contributed by atoms with Crippen molar-refractivity contribution in [2.45, 2.75) is 51.6 Å². The average molecular weight is 330 g/mol. The number of halogens is 2. The number of rotatable bonds is 5. The van der Waals surface area contributed by atoms with Crippen LogP contribution >= 0.6 is 0 Å². The van der Waals surface area contributed by atoms with Crippen molar-refractivity contribution in [3.8, 4) is 5.75 Å². The van der Waals surface area contributed by atoms with E-state index >= 15 is 0 Å². The van der Waals surface area contributed by atoms with Crippen LogP contribution in [0.5, 0.6) is 5.75 Å². The normalized spacial score (nSPS) is 20.8. The summed E-state index contributed by atoms with van der Waals surface area (Å²) in [6.45, 7) is 2.56. The van der Waals surface area contributed by atoms with Crippen molar-refractivity contribution in [3.63, 3.8) is 0 Å². The van der Waals surface area contributed by atoms with Crippen LogP contribution < -0.4 is 4.74 Å². The summed E-state index contributed by atoms with van der Waals surface area (Å²) < 4.78 is 31.9. The summed E-state index contributed by atoms with van der Waals surface area (Å²) in [5.74, 6) is 0.386. The van der Waals surface area contributed by atoms with E-state index in [0.29, 0.717) is 5.92 Å². The van der Waals surface area contributed by atoms with Gasteiger partial charge < -0.3 is 4.74 Å². The van der Waals surface area contributed by atoms with Gasteiger partial charge in [-0.25, -0.2) is 8.78 Å². The molecule has 0 N–H and O–H groups in total. The third-order valence-electron chi connectivity index (χ3n) is 5.16. The summed E-state index contributed by atoms with van der Waals surface area (Å²) >= 11 is 0. The second-order valence-corrected chi connectivity index (χ2v) is 6.73. The maximum absolute atomic E-state index is 13.6. The molecule has 0 saturated heterocycles. The highest BCUT2D eigenvalue weighted by Crippen LogP contribution is 2.36. The maximum atomic E-state index is 13.6. The molecule has 0 aromatic heterocycles. The summed E-state index contributed by atoms with van der Waals surface area (Å²) in [5, 5.41) is 0. The summed E-state index contributed by atoms with van der Waals surface area (Å²) in [7, 11) is 0. The minimum absolute atomic E-state index is 0.0818. The molecule has 2 aromatic rings. The fraction of sp³-hybridized carbons (Fsp3) is 0.429. The molecule has 0 amide bonds. The van der Waals surface area contributed by atoms with E-state index in [4.69, 9.17) is 4.74 Å². The Hall–Kier alpha value is -1.90. The largest absolute Gasteiger partial charge is 0.486 e. The Morgan fingerprint density at radius 2 is 1.67 bits per heavy atom. The lowest BCUT2D eigenvalue weighted by Crippen LogP contribution is -2.12. The van der Waals surface area contributed by atoms with Gasteiger partial charge in [0, 0.05) is 6.07 Å². The van der Waals surface area contributed by atoms with Gasteiger partial charge in [-0.15, -0.1) is 0 Å². The van der Waals surface area contributed by atoms with E-state index in [1.54, 1.807) is 0 Å². The van der Waals surface area contributed by atoms with Crippen molar-refractivity contribution in [2.75, 3.05) is 0 Å². The molecule has 24 heavy (non-hydrogen) atoms. The van der Waals surface area contributed by atoms with Crippen molar-refractivity contribution in [1.29, 1.82) is 0 Å². The molecule has 0 heterocycles. The van der Waals surface area contributed by atoms with Crippen LogP contribution in [0.4, 0.5) is 8.78 Å². The quantitative estimate of drug-likeness (QED) is 0.631. The first-order valence-electron chi connectivity index (χ1n) is 8.82. The highest BCUT2D eigenvalue weighted by molar-refractivity contribution is 5.28. The monoisotopic (exact) mass is 330 g/mol. The lowest BCUT2D eigenvalue weighted by atomic mass is 9.78. The fourth-order valence-corrected chi connectivity index (χ4v) is 3.54. The Bertz CT molecular complexity index is 658. The van der Waals surface area contributed by atoms with Gasteiger partial charge in [-0.05, 0) is 60.8 Å². The van der Waals surface area contributed by atoms with Gasteiger partial charge in [0.05, 0.1) is 0 Å². The van der Waals surface area contributed by atoms with Crippen LogP contribution in [0.15, 0.2) is 42.5 Å². The topological polar surface area (TPSA) is 9.23 Å². The molecule has 3 heteroatoms. The molecule has 1 saturated carbocycles. The summed E-state index contributed by atoms with van der Waals surface area (Å²) in [6.07, 6.45) is 6.50. The Labute approximate surface area is 142 Å². The number of hydrogen-bond acceptors (Lipinski definition) is 1. The lowest BCUT2D eigenvalue weighted by Gasteiger charge is -2.28. The first-order valence-corrected chi connectivity index (χ1v) is 8.82. The fourth-order valence-electron chi connectivity index (χ4n) is 3.54. The molecule has 0 spiro atoms. The summed E-state index contributed by atoms with van der Waals surface area (Å²) in [6, 6.07) is 11.8. The zero-order chi connectivity index (χ0) is 16.9. The van der Waals surface area contributed by atoms with Gasteiger partial charge in [-0.3, -0.25) is 0 Å². The molecule has 0 bridgehead atoms. The Morgan fingerprint density at radius 3 is 2.29 bits per heavy atom. The van der Waals surface area contributed by atoms with Crippen LogP contribution in [0.2, 0.25) is 0 Å². The molecule has 0 atom stereocenters. The third kappa shape index (κ3) is 4.14. The van der Waals surface area contributed by atoms with E-state index in [2.05, 4.69) is 19.1 Å². The van der Waals surface area contributed by atoms with Crippen LogP contribution in [-0.4, -0.2) is 0 Å². The molecular weight excluding hydrogens is 306 g/mol. The standard InChI is InChI=1S/C21H24F2O/c1-2-15-3-7-17(8-4-15)18-9-5-16(6-10-18)14-24-21-12-11-19(22)13-20(21)23/h5-6,9-13,15,17H,2-4,7-8,14H2,1H3/t15-,17-. The Balaban J connectivity index is 1.57. The van der Waals surface area contributed by atoms with Gasteiger partial charge in [0.2, 0.25) is 0 Å². The van der Waals surface area contributed by atoms with Gasteiger partial charge >= 0.3 is 0 Å². The first-order chi connectivity index (χ1) is 11.7. The number of ether oxygens (including phenoxy) is 1. The van der Waals surface area contributed by atoms with Crippen molar-refractivity contribution in [2.24, 2.45) is 5.92 Å². The molecule has 1 nitrogen and oxygen atoms in total. The van der Waals surface area contributed by atoms with E-state index in [-0.39, 0.29) is 12.4 Å². The minimum atomic E-state index is -0.667. The zero-order valence-corrected chi connectivity index (χ0v) is 14.1. The van der Waals surface area contributed by atoms with Gasteiger partial charge in [-0.2, -0.15) is 0 Å². The molecule has 2 aromatic carbocycles. The average Bonchev–Trinajstić information content (AvgIpc) is 2.62. The van der Waals surface area contributed by atoms with Gasteiger partial charge in [0.15, 0.2) is 11.6 Å². The van der Waals surface area contributed by atoms with Crippen LogP contribution in [0.3, 0.4) is 0 Å². The molecular formula is C21H24F2O. The third-order valence-corrected chi connectivity index (χ3v) is 5.16. The van der Waals surface area contributed by atoms with Crippen molar-refractivity contribution in [1.82, 2.24) is 0 Å². The van der Waals surface area contributed by atoms with Gasteiger partial charge in [0.1, 0.15) is 12.4 Å². The Morgan fingerprint density at radius 1 is 0.958 bits per heavy atom. The van der Waals surface area contributed by atoms with Gasteiger partial charge in [-0.1, -0.05) is 37.6 Å². The van der Waals surface area contributed by atoms with E-state index in [0.717, 1.165) is 17.5 Å². The second-order valence-electron chi connectivity index (χ2n) is 6.73. The van der Waals surface area contributed by atoms with E-state index < -0.39 is 11.6 Å². The molecule has 1 aliphatic rings. The maximum Gasteiger partial charge on any atom is 0.167 e. The predicted molar refractivity (Wildman–Crippen MR) is 92.1 cm³/mol. The first kappa shape index (κ1) is 16.9. The lowest BCUT2D eigenvalue weighted by molar-refractivity contribution is 0.289. The van der Waals surface area contributed by atoms with Crippen molar-refractivity contribution >= 4 is 0 Å². The van der Waals surface area contributed by atoms with E-state index in [9.17, 15) is 8.78 Å².